The van der Waals surface area contributed by atoms with Crippen molar-refractivity contribution in [1.29, 1.82) is 0 Å². The van der Waals surface area contributed by atoms with Crippen LogP contribution in [0, 0.1) is 0 Å². The van der Waals surface area contributed by atoms with Crippen molar-refractivity contribution >= 4 is 53.9 Å². The summed E-state index contributed by atoms with van der Waals surface area (Å²) in [5.41, 5.74) is 10.3. The van der Waals surface area contributed by atoms with Gasteiger partial charge in [0, 0.05) is 22.1 Å². The zero-order chi connectivity index (χ0) is 39.2. The fraction of sp³-hybridized carbons (Fsp3) is 0.0536. The molecule has 0 unspecified atom stereocenters. The van der Waals surface area contributed by atoms with Crippen molar-refractivity contribution in [3.8, 4) is 56.4 Å². The first kappa shape index (κ1) is 33.6. The van der Waals surface area contributed by atoms with Crippen LogP contribution in [0.5, 0.6) is 0 Å². The van der Waals surface area contributed by atoms with E-state index in [0.717, 1.165) is 44.0 Å². The van der Waals surface area contributed by atoms with Crippen LogP contribution in [0.25, 0.3) is 110 Å². The first-order chi connectivity index (χ1) is 29.0. The predicted molar refractivity (Wildman–Crippen MR) is 247 cm³/mol. The molecule has 0 atom stereocenters. The summed E-state index contributed by atoms with van der Waals surface area (Å²) in [7, 11) is 0. The minimum Gasteiger partial charge on any atom is -0.208 e. The summed E-state index contributed by atoms with van der Waals surface area (Å²) in [6.45, 7) is 4.68. The van der Waals surface area contributed by atoms with E-state index in [1.807, 2.05) is 0 Å². The van der Waals surface area contributed by atoms with Crippen LogP contribution in [-0.4, -0.2) is 15.0 Å². The fourth-order valence-electron chi connectivity index (χ4n) is 9.59. The van der Waals surface area contributed by atoms with Gasteiger partial charge in [0.25, 0.3) is 0 Å². The predicted octanol–water partition coefficient (Wildman–Crippen LogP) is 14.6. The molecule has 276 valence electrons. The van der Waals surface area contributed by atoms with Crippen molar-refractivity contribution in [2.45, 2.75) is 19.3 Å². The molecular formula is C56H37N3. The third-order valence-corrected chi connectivity index (χ3v) is 12.7. The number of hydrogen-bond acceptors (Lipinski definition) is 3. The molecule has 0 saturated heterocycles. The molecule has 0 amide bonds. The lowest BCUT2D eigenvalue weighted by Gasteiger charge is -2.22. The molecule has 0 spiro atoms. The molecule has 3 nitrogen and oxygen atoms in total. The average Bonchev–Trinajstić information content (AvgIpc) is 3.53. The Morgan fingerprint density at radius 2 is 0.746 bits per heavy atom. The second-order valence-corrected chi connectivity index (χ2v) is 16.4. The molecule has 1 heterocycles. The molecule has 12 rings (SSSR count). The Labute approximate surface area is 342 Å². The first-order valence-corrected chi connectivity index (χ1v) is 20.3. The number of benzene rings is 10. The normalized spacial score (nSPS) is 13.1. The SMILES string of the molecule is CC1(C)c2ccccc2-c2ccc(-c3cc4ccccc4cc3-c3nc(-c4ccc5c(ccc6ccccc65)c4)nc(-c4ccc5c(ccc6ccccc65)c4)n3)cc21. The Balaban J connectivity index is 1.09. The monoisotopic (exact) mass is 751 g/mol. The van der Waals surface area contributed by atoms with Crippen molar-refractivity contribution in [2.75, 3.05) is 0 Å². The van der Waals surface area contributed by atoms with E-state index < -0.39 is 0 Å². The molecule has 0 saturated carbocycles. The zero-order valence-electron chi connectivity index (χ0n) is 32.7. The minimum atomic E-state index is -0.130. The molecule has 1 aliphatic carbocycles. The van der Waals surface area contributed by atoms with Crippen molar-refractivity contribution in [3.63, 3.8) is 0 Å². The number of aromatic nitrogens is 3. The van der Waals surface area contributed by atoms with Gasteiger partial charge < -0.3 is 0 Å². The summed E-state index contributed by atoms with van der Waals surface area (Å²) >= 11 is 0. The lowest BCUT2D eigenvalue weighted by atomic mass is 9.81. The molecule has 10 aromatic carbocycles. The second kappa shape index (κ2) is 12.8. The van der Waals surface area contributed by atoms with E-state index >= 15 is 0 Å². The summed E-state index contributed by atoms with van der Waals surface area (Å²) in [6, 6.07) is 68.0. The third kappa shape index (κ3) is 5.32. The highest BCUT2D eigenvalue weighted by atomic mass is 15.0. The highest BCUT2D eigenvalue weighted by molar-refractivity contribution is 6.09. The van der Waals surface area contributed by atoms with Crippen LogP contribution in [0.3, 0.4) is 0 Å². The van der Waals surface area contributed by atoms with Gasteiger partial charge in [0.2, 0.25) is 0 Å². The van der Waals surface area contributed by atoms with E-state index in [0.29, 0.717) is 17.5 Å². The lowest BCUT2D eigenvalue weighted by Crippen LogP contribution is -2.14. The van der Waals surface area contributed by atoms with Crippen molar-refractivity contribution in [3.05, 3.63) is 199 Å². The molecule has 0 bridgehead atoms. The maximum atomic E-state index is 5.38. The van der Waals surface area contributed by atoms with Crippen LogP contribution in [0.15, 0.2) is 188 Å². The summed E-state index contributed by atoms with van der Waals surface area (Å²) in [5.74, 6) is 1.93. The van der Waals surface area contributed by atoms with E-state index in [1.54, 1.807) is 0 Å². The second-order valence-electron chi connectivity index (χ2n) is 16.4. The van der Waals surface area contributed by atoms with Gasteiger partial charge in [-0.2, -0.15) is 0 Å². The third-order valence-electron chi connectivity index (χ3n) is 12.7. The van der Waals surface area contributed by atoms with Gasteiger partial charge in [-0.1, -0.05) is 172 Å². The van der Waals surface area contributed by atoms with E-state index in [1.165, 1.54) is 60.0 Å². The molecular weight excluding hydrogens is 715 g/mol. The van der Waals surface area contributed by atoms with Gasteiger partial charge >= 0.3 is 0 Å². The van der Waals surface area contributed by atoms with Crippen molar-refractivity contribution in [1.82, 2.24) is 15.0 Å². The van der Waals surface area contributed by atoms with Gasteiger partial charge in [-0.15, -0.1) is 0 Å². The van der Waals surface area contributed by atoms with E-state index in [4.69, 9.17) is 15.0 Å². The minimum absolute atomic E-state index is 0.130. The molecule has 3 heteroatoms. The highest BCUT2D eigenvalue weighted by Gasteiger charge is 2.35. The molecule has 0 radical (unpaired) electrons. The molecule has 1 aliphatic rings. The summed E-state index contributed by atoms with van der Waals surface area (Å²) < 4.78 is 0. The van der Waals surface area contributed by atoms with Crippen LogP contribution < -0.4 is 0 Å². The molecule has 0 fully saturated rings. The van der Waals surface area contributed by atoms with Crippen molar-refractivity contribution < 1.29 is 0 Å². The smallest absolute Gasteiger partial charge is 0.164 e. The number of hydrogen-bond donors (Lipinski definition) is 0. The number of fused-ring (bicyclic) bond motifs is 10. The maximum Gasteiger partial charge on any atom is 0.164 e. The van der Waals surface area contributed by atoms with Gasteiger partial charge in [0.05, 0.1) is 0 Å². The summed E-state index contributed by atoms with van der Waals surface area (Å²) in [6.07, 6.45) is 0. The Hall–Kier alpha value is -7.49. The van der Waals surface area contributed by atoms with Gasteiger partial charge in [-0.25, -0.2) is 15.0 Å². The quantitative estimate of drug-likeness (QED) is 0.168. The number of nitrogens with zero attached hydrogens (tertiary/aromatic N) is 3. The van der Waals surface area contributed by atoms with Crippen molar-refractivity contribution in [2.24, 2.45) is 0 Å². The molecule has 11 aromatic rings. The standard InChI is InChI=1S/C56H37N3/c1-56(2)51-18-10-9-17-47(51)48-28-23-40(33-52(48)56)49-31-36-13-3-4-14-37(36)32-50(49)55-58-53(41-24-26-45-38(29-41)21-19-34-11-5-7-15-43(34)45)57-54(59-55)42-25-27-46-39(30-42)22-20-35-12-6-8-16-44(35)46/h3-33H,1-2H3. The Bertz CT molecular complexity index is 3410. The molecule has 0 N–H and O–H groups in total. The van der Waals surface area contributed by atoms with Gasteiger partial charge in [-0.3, -0.25) is 0 Å². The Morgan fingerprint density at radius 1 is 0.288 bits per heavy atom. The summed E-state index contributed by atoms with van der Waals surface area (Å²) in [5, 5.41) is 12.0. The Morgan fingerprint density at radius 3 is 1.37 bits per heavy atom. The van der Waals surface area contributed by atoms with E-state index in [9.17, 15) is 0 Å². The zero-order valence-corrected chi connectivity index (χ0v) is 32.7. The van der Waals surface area contributed by atoms with Crippen LogP contribution in [0.4, 0.5) is 0 Å². The average molecular weight is 752 g/mol. The fourth-order valence-corrected chi connectivity index (χ4v) is 9.59. The van der Waals surface area contributed by atoms with Gasteiger partial charge in [-0.05, 0) is 118 Å². The molecule has 59 heavy (non-hydrogen) atoms. The topological polar surface area (TPSA) is 38.7 Å². The molecule has 0 aliphatic heterocycles. The van der Waals surface area contributed by atoms with E-state index in [-0.39, 0.29) is 5.41 Å². The van der Waals surface area contributed by atoms with Crippen LogP contribution in [-0.2, 0) is 5.41 Å². The van der Waals surface area contributed by atoms with Crippen LogP contribution in [0.1, 0.15) is 25.0 Å². The Kier molecular flexibility index (Phi) is 7.27. The first-order valence-electron chi connectivity index (χ1n) is 20.3. The maximum absolute atomic E-state index is 5.38. The van der Waals surface area contributed by atoms with E-state index in [2.05, 4.69) is 202 Å². The molecule has 1 aromatic heterocycles. The van der Waals surface area contributed by atoms with Gasteiger partial charge in [0.15, 0.2) is 17.5 Å². The highest BCUT2D eigenvalue weighted by Crippen LogP contribution is 2.50. The van der Waals surface area contributed by atoms with Crippen LogP contribution in [0.2, 0.25) is 0 Å². The number of rotatable bonds is 4. The van der Waals surface area contributed by atoms with Gasteiger partial charge in [0.1, 0.15) is 0 Å². The van der Waals surface area contributed by atoms with Crippen LogP contribution >= 0.6 is 0 Å². The summed E-state index contributed by atoms with van der Waals surface area (Å²) in [4.78, 5) is 16.0. The largest absolute Gasteiger partial charge is 0.208 e. The lowest BCUT2D eigenvalue weighted by molar-refractivity contribution is 0.660.